The van der Waals surface area contributed by atoms with E-state index in [0.29, 0.717) is 22.2 Å². The van der Waals surface area contributed by atoms with Gasteiger partial charge in [0.15, 0.2) is 0 Å². The molecule has 126 valence electrons. The number of hydrogen-bond acceptors (Lipinski definition) is 3. The highest BCUT2D eigenvalue weighted by molar-refractivity contribution is 6.33. The molecule has 0 spiro atoms. The van der Waals surface area contributed by atoms with Crippen molar-refractivity contribution in [2.75, 3.05) is 10.6 Å². The molecule has 4 nitrogen and oxygen atoms in total. The molecule has 0 saturated heterocycles. The number of anilines is 3. The zero-order valence-electron chi connectivity index (χ0n) is 12.8. The Labute approximate surface area is 147 Å². The van der Waals surface area contributed by atoms with Gasteiger partial charge in [0.05, 0.1) is 22.6 Å². The molecule has 0 saturated carbocycles. The van der Waals surface area contributed by atoms with Crippen LogP contribution in [0, 0.1) is 11.6 Å². The monoisotopic (exact) mass is 359 g/mol. The first kappa shape index (κ1) is 16.9. The van der Waals surface area contributed by atoms with Crippen LogP contribution in [-0.2, 0) is 0 Å². The second-order valence-electron chi connectivity index (χ2n) is 5.09. The number of pyridine rings is 1. The Morgan fingerprint density at radius 2 is 1.68 bits per heavy atom. The number of rotatable bonds is 4. The molecule has 0 atom stereocenters. The first-order valence-corrected chi connectivity index (χ1v) is 7.65. The number of para-hydroxylation sites is 1. The van der Waals surface area contributed by atoms with Gasteiger partial charge in [-0.25, -0.2) is 13.8 Å². The lowest BCUT2D eigenvalue weighted by atomic mass is 10.2. The predicted octanol–water partition coefficient (Wildman–Crippen LogP) is 5.01. The lowest BCUT2D eigenvalue weighted by Gasteiger charge is -2.09. The van der Waals surface area contributed by atoms with Crippen molar-refractivity contribution in [3.8, 4) is 0 Å². The highest BCUT2D eigenvalue weighted by Crippen LogP contribution is 2.24. The smallest absolute Gasteiger partial charge is 0.261 e. The minimum Gasteiger partial charge on any atom is -0.339 e. The van der Waals surface area contributed by atoms with Crippen LogP contribution in [0.3, 0.4) is 0 Å². The summed E-state index contributed by atoms with van der Waals surface area (Å²) in [5.41, 5.74) is 0.347. The summed E-state index contributed by atoms with van der Waals surface area (Å²) in [5.74, 6) is -2.24. The Balaban J connectivity index is 1.73. The third kappa shape index (κ3) is 3.92. The van der Waals surface area contributed by atoms with E-state index in [0.717, 1.165) is 12.1 Å². The quantitative estimate of drug-likeness (QED) is 0.688. The van der Waals surface area contributed by atoms with Gasteiger partial charge in [-0.2, -0.15) is 0 Å². The van der Waals surface area contributed by atoms with Crippen LogP contribution in [0.4, 0.5) is 26.0 Å². The highest BCUT2D eigenvalue weighted by Gasteiger charge is 2.17. The van der Waals surface area contributed by atoms with Gasteiger partial charge in [0.25, 0.3) is 5.91 Å². The van der Waals surface area contributed by atoms with Gasteiger partial charge in [-0.15, -0.1) is 0 Å². The second-order valence-corrected chi connectivity index (χ2v) is 5.49. The molecule has 0 radical (unpaired) electrons. The molecule has 1 heterocycles. The van der Waals surface area contributed by atoms with Crippen LogP contribution in [0.15, 0.2) is 60.8 Å². The molecule has 0 aliphatic heterocycles. The van der Waals surface area contributed by atoms with E-state index in [-0.39, 0.29) is 0 Å². The molecule has 0 unspecified atom stereocenters. The number of benzene rings is 2. The van der Waals surface area contributed by atoms with Crippen LogP contribution in [0.25, 0.3) is 0 Å². The summed E-state index contributed by atoms with van der Waals surface area (Å²) in [6.45, 7) is 0. The van der Waals surface area contributed by atoms with Crippen molar-refractivity contribution in [3.05, 3.63) is 83.0 Å². The van der Waals surface area contributed by atoms with E-state index < -0.39 is 23.1 Å². The highest BCUT2D eigenvalue weighted by atomic mass is 35.5. The van der Waals surface area contributed by atoms with Gasteiger partial charge < -0.3 is 10.6 Å². The van der Waals surface area contributed by atoms with Gasteiger partial charge in [0.1, 0.15) is 23.0 Å². The first-order valence-electron chi connectivity index (χ1n) is 7.27. The normalized spacial score (nSPS) is 10.4. The molecule has 0 fully saturated rings. The van der Waals surface area contributed by atoms with Gasteiger partial charge in [-0.05, 0) is 36.4 Å². The number of carbonyl (C=O) groups is 1. The van der Waals surface area contributed by atoms with Gasteiger partial charge in [0, 0.05) is 0 Å². The number of aromatic nitrogens is 1. The zero-order valence-corrected chi connectivity index (χ0v) is 13.5. The third-order valence-corrected chi connectivity index (χ3v) is 3.68. The van der Waals surface area contributed by atoms with E-state index in [1.54, 1.807) is 30.3 Å². The number of halogens is 3. The summed E-state index contributed by atoms with van der Waals surface area (Å²) in [4.78, 5) is 16.2. The minimum absolute atomic E-state index is 0.303. The molecule has 1 amide bonds. The van der Waals surface area contributed by atoms with Gasteiger partial charge in [0.2, 0.25) is 0 Å². The number of nitrogens with zero attached hydrogens (tertiary/aromatic N) is 1. The SMILES string of the molecule is O=C(Nc1ccc(Nc2ccccc2Cl)nc1)c1c(F)cccc1F. The molecule has 2 aromatic carbocycles. The van der Waals surface area contributed by atoms with Crippen molar-refractivity contribution in [3.63, 3.8) is 0 Å². The van der Waals surface area contributed by atoms with Crippen LogP contribution in [0.5, 0.6) is 0 Å². The average Bonchev–Trinajstić information content (AvgIpc) is 2.58. The molecule has 0 aliphatic carbocycles. The Bertz CT molecular complexity index is 896. The van der Waals surface area contributed by atoms with Crippen LogP contribution in [0.1, 0.15) is 10.4 Å². The molecule has 1 aromatic heterocycles. The van der Waals surface area contributed by atoms with Crippen molar-refractivity contribution in [2.24, 2.45) is 0 Å². The molecular formula is C18H12ClF2N3O. The lowest BCUT2D eigenvalue weighted by molar-refractivity contribution is 0.101. The van der Waals surface area contributed by atoms with E-state index in [9.17, 15) is 13.6 Å². The molecule has 3 aromatic rings. The Hall–Kier alpha value is -2.99. The second kappa shape index (κ2) is 7.27. The fourth-order valence-corrected chi connectivity index (χ4v) is 2.33. The maximum absolute atomic E-state index is 13.6. The summed E-state index contributed by atoms with van der Waals surface area (Å²) in [7, 11) is 0. The van der Waals surface area contributed by atoms with Crippen LogP contribution in [0.2, 0.25) is 5.02 Å². The maximum Gasteiger partial charge on any atom is 0.261 e. The fraction of sp³-hybridized carbons (Fsp3) is 0. The number of nitrogens with one attached hydrogen (secondary N) is 2. The van der Waals surface area contributed by atoms with Crippen LogP contribution in [-0.4, -0.2) is 10.9 Å². The standard InChI is InChI=1S/C18H12ClF2N3O/c19-12-4-1-2-7-15(12)24-16-9-8-11(10-22-16)23-18(25)17-13(20)5-3-6-14(17)21/h1-10H,(H,22,24)(H,23,25). The van der Waals surface area contributed by atoms with Crippen molar-refractivity contribution < 1.29 is 13.6 Å². The first-order chi connectivity index (χ1) is 12.0. The summed E-state index contributed by atoms with van der Waals surface area (Å²) in [5, 5.41) is 5.97. The van der Waals surface area contributed by atoms with E-state index in [4.69, 9.17) is 11.6 Å². The number of amides is 1. The molecule has 7 heteroatoms. The molecular weight excluding hydrogens is 348 g/mol. The summed E-state index contributed by atoms with van der Waals surface area (Å²) in [6.07, 6.45) is 1.37. The summed E-state index contributed by atoms with van der Waals surface area (Å²) in [6, 6.07) is 13.6. The summed E-state index contributed by atoms with van der Waals surface area (Å²) >= 11 is 6.05. The lowest BCUT2D eigenvalue weighted by Crippen LogP contribution is -2.16. The van der Waals surface area contributed by atoms with E-state index in [1.807, 2.05) is 6.07 Å². The van der Waals surface area contributed by atoms with Gasteiger partial charge in [-0.3, -0.25) is 4.79 Å². The van der Waals surface area contributed by atoms with Crippen LogP contribution < -0.4 is 10.6 Å². The summed E-state index contributed by atoms with van der Waals surface area (Å²) < 4.78 is 27.2. The van der Waals surface area contributed by atoms with E-state index in [2.05, 4.69) is 15.6 Å². The van der Waals surface area contributed by atoms with Crippen molar-refractivity contribution in [1.29, 1.82) is 0 Å². The molecule has 0 bridgehead atoms. The molecule has 25 heavy (non-hydrogen) atoms. The number of hydrogen-bond donors (Lipinski definition) is 2. The van der Waals surface area contributed by atoms with E-state index in [1.165, 1.54) is 12.3 Å². The zero-order chi connectivity index (χ0) is 17.8. The number of carbonyl (C=O) groups excluding carboxylic acids is 1. The van der Waals surface area contributed by atoms with Gasteiger partial charge >= 0.3 is 0 Å². The van der Waals surface area contributed by atoms with Crippen molar-refractivity contribution in [1.82, 2.24) is 4.98 Å². The largest absolute Gasteiger partial charge is 0.339 e. The Morgan fingerprint density at radius 1 is 0.960 bits per heavy atom. The van der Waals surface area contributed by atoms with Gasteiger partial charge in [-0.1, -0.05) is 29.8 Å². The molecule has 2 N–H and O–H groups in total. The molecule has 3 rings (SSSR count). The van der Waals surface area contributed by atoms with E-state index >= 15 is 0 Å². The molecule has 0 aliphatic rings. The fourth-order valence-electron chi connectivity index (χ4n) is 2.15. The Morgan fingerprint density at radius 3 is 2.32 bits per heavy atom. The van der Waals surface area contributed by atoms with Crippen molar-refractivity contribution in [2.45, 2.75) is 0 Å². The Kier molecular flexibility index (Phi) is 4.90. The maximum atomic E-state index is 13.6. The van der Waals surface area contributed by atoms with Crippen molar-refractivity contribution >= 4 is 34.7 Å². The predicted molar refractivity (Wildman–Crippen MR) is 93.3 cm³/mol. The van der Waals surface area contributed by atoms with Crippen LogP contribution >= 0.6 is 11.6 Å². The topological polar surface area (TPSA) is 54.0 Å². The minimum atomic E-state index is -0.928. The average molecular weight is 360 g/mol. The third-order valence-electron chi connectivity index (χ3n) is 3.35.